The molecule has 5 nitrogen and oxygen atoms in total. The summed E-state index contributed by atoms with van der Waals surface area (Å²) in [5, 5.41) is 15.7. The molecule has 0 spiro atoms. The van der Waals surface area contributed by atoms with E-state index in [1.165, 1.54) is 0 Å². The van der Waals surface area contributed by atoms with Gasteiger partial charge >= 0.3 is 29.6 Å². The Balaban J connectivity index is -0.000000500. The third-order valence-electron chi connectivity index (χ3n) is 1.32. The van der Waals surface area contributed by atoms with Crippen LogP contribution < -0.4 is 29.6 Å². The molecular weight excluding hydrogens is 195 g/mol. The quantitative estimate of drug-likeness (QED) is 0.317. The second-order valence-electron chi connectivity index (χ2n) is 2.16. The van der Waals surface area contributed by atoms with Crippen LogP contribution in [0.3, 0.4) is 0 Å². The predicted molar refractivity (Wildman–Crippen MR) is 39.9 cm³/mol. The molecule has 0 fully saturated rings. The van der Waals surface area contributed by atoms with Gasteiger partial charge in [-0.3, -0.25) is 4.55 Å². The molecule has 0 aliphatic rings. The van der Waals surface area contributed by atoms with Gasteiger partial charge in [0.25, 0.3) is 10.1 Å². The van der Waals surface area contributed by atoms with Gasteiger partial charge in [-0.05, 0) is 12.8 Å². The Bertz CT molecular complexity index is 189. The summed E-state index contributed by atoms with van der Waals surface area (Å²) in [6.45, 7) is -0.630. The third-order valence-corrected chi connectivity index (χ3v) is 2.64. The van der Waals surface area contributed by atoms with E-state index in [1.807, 2.05) is 0 Å². The van der Waals surface area contributed by atoms with Crippen LogP contribution in [-0.2, 0) is 10.1 Å². The zero-order chi connectivity index (χ0) is 8.91. The average molecular weight is 208 g/mol. The molecule has 7 heteroatoms. The van der Waals surface area contributed by atoms with Gasteiger partial charge in [0.05, 0.1) is 5.25 Å². The van der Waals surface area contributed by atoms with E-state index in [1.54, 1.807) is 0 Å². The molecule has 0 rings (SSSR count). The number of hydrogen-bond acceptors (Lipinski definition) is 4. The Morgan fingerprint density at radius 1 is 1.17 bits per heavy atom. The van der Waals surface area contributed by atoms with E-state index in [9.17, 15) is 8.42 Å². The Kier molecular flexibility index (Phi) is 9.25. The summed E-state index contributed by atoms with van der Waals surface area (Å²) in [5.74, 6) is 0. The number of aliphatic hydroxyl groups excluding tert-OH is 2. The number of hydrogen-bond donors (Lipinski definition) is 3. The molecule has 70 valence electrons. The van der Waals surface area contributed by atoms with Gasteiger partial charge in [0.15, 0.2) is 0 Å². The summed E-state index contributed by atoms with van der Waals surface area (Å²) in [6.07, 6.45) is -0.0845. The molecule has 0 saturated heterocycles. The number of aliphatic hydroxyl groups is 2. The Hall–Kier alpha value is 0.830. The Morgan fingerprint density at radius 2 is 1.50 bits per heavy atom. The van der Waals surface area contributed by atoms with Crippen LogP contribution in [0.5, 0.6) is 0 Å². The zero-order valence-electron chi connectivity index (χ0n) is 7.97. The Labute approximate surface area is 95.3 Å². The first kappa shape index (κ1) is 15.3. The molecule has 0 atom stereocenters. The summed E-state index contributed by atoms with van der Waals surface area (Å²) in [6, 6.07) is 0. The molecular formula is C5H13NaO5S. The summed E-state index contributed by atoms with van der Waals surface area (Å²) < 4.78 is 29.4. The van der Waals surface area contributed by atoms with Crippen molar-refractivity contribution in [2.45, 2.75) is 18.1 Å². The molecule has 0 bridgehead atoms. The van der Waals surface area contributed by atoms with Crippen molar-refractivity contribution in [1.82, 2.24) is 0 Å². The van der Waals surface area contributed by atoms with Crippen LogP contribution in [0.1, 0.15) is 14.3 Å². The molecule has 0 saturated carbocycles. The van der Waals surface area contributed by atoms with Crippen LogP contribution in [0, 0.1) is 0 Å². The van der Waals surface area contributed by atoms with Gasteiger partial charge in [-0.15, -0.1) is 0 Å². The van der Waals surface area contributed by atoms with Gasteiger partial charge < -0.3 is 11.6 Å². The summed E-state index contributed by atoms with van der Waals surface area (Å²) in [4.78, 5) is 0. The maximum atomic E-state index is 10.4. The topological polar surface area (TPSA) is 94.8 Å². The number of rotatable bonds is 5. The van der Waals surface area contributed by atoms with Crippen molar-refractivity contribution in [2.24, 2.45) is 0 Å². The molecule has 0 aromatic rings. The molecule has 0 aliphatic heterocycles. The van der Waals surface area contributed by atoms with Crippen LogP contribution in [0.25, 0.3) is 0 Å². The van der Waals surface area contributed by atoms with Crippen molar-refractivity contribution in [2.75, 3.05) is 13.2 Å². The van der Waals surface area contributed by atoms with Crippen molar-refractivity contribution in [1.29, 1.82) is 0 Å². The first-order chi connectivity index (χ1) is 5.02. The summed E-state index contributed by atoms with van der Waals surface area (Å²) in [5.41, 5.74) is 0. The van der Waals surface area contributed by atoms with Gasteiger partial charge in [0.1, 0.15) is 0 Å². The van der Waals surface area contributed by atoms with E-state index < -0.39 is 15.4 Å². The monoisotopic (exact) mass is 208 g/mol. The zero-order valence-corrected chi connectivity index (χ0v) is 9.79. The van der Waals surface area contributed by atoms with Gasteiger partial charge in [-0.2, -0.15) is 8.42 Å². The minimum atomic E-state index is -4.11. The van der Waals surface area contributed by atoms with E-state index in [2.05, 4.69) is 0 Å². The second-order valence-corrected chi connectivity index (χ2v) is 3.86. The van der Waals surface area contributed by atoms with E-state index in [0.29, 0.717) is 0 Å². The van der Waals surface area contributed by atoms with Crippen LogP contribution in [0.4, 0.5) is 0 Å². The molecule has 0 radical (unpaired) electrons. The minimum absolute atomic E-state index is 0. The van der Waals surface area contributed by atoms with Crippen LogP contribution in [-0.4, -0.2) is 41.6 Å². The summed E-state index contributed by atoms with van der Waals surface area (Å²) >= 11 is 0. The molecule has 0 heterocycles. The fourth-order valence-corrected chi connectivity index (χ4v) is 1.54. The van der Waals surface area contributed by atoms with E-state index in [-0.39, 0.29) is 57.0 Å². The van der Waals surface area contributed by atoms with Crippen molar-refractivity contribution in [3.8, 4) is 0 Å². The maximum absolute atomic E-state index is 10.4. The molecule has 12 heavy (non-hydrogen) atoms. The van der Waals surface area contributed by atoms with Crippen molar-refractivity contribution in [3.63, 3.8) is 0 Å². The third kappa shape index (κ3) is 6.36. The standard InChI is InChI=1S/C5H12O5S.Na.H/c6-3-1-5(2-4-7)11(8,9)10;;/h5-7H,1-4H2,(H,8,9,10);;/q;+1;-1. The van der Waals surface area contributed by atoms with Crippen LogP contribution in [0.2, 0.25) is 0 Å². The first-order valence-electron chi connectivity index (χ1n) is 3.20. The molecule has 3 N–H and O–H groups in total. The van der Waals surface area contributed by atoms with Crippen molar-refractivity contribution < 1.29 is 54.2 Å². The minimum Gasteiger partial charge on any atom is -1.00 e. The van der Waals surface area contributed by atoms with Crippen LogP contribution >= 0.6 is 0 Å². The fraction of sp³-hybridized carbons (Fsp3) is 1.00. The molecule has 0 unspecified atom stereocenters. The molecule has 0 aromatic heterocycles. The van der Waals surface area contributed by atoms with E-state index in [0.717, 1.165) is 0 Å². The van der Waals surface area contributed by atoms with Crippen LogP contribution in [0.15, 0.2) is 0 Å². The smallest absolute Gasteiger partial charge is 1.00 e. The fourth-order valence-electron chi connectivity index (χ4n) is 0.730. The summed E-state index contributed by atoms with van der Waals surface area (Å²) in [7, 11) is -4.11. The first-order valence-corrected chi connectivity index (χ1v) is 4.70. The normalized spacial score (nSPS) is 11.3. The van der Waals surface area contributed by atoms with Gasteiger partial charge in [-0.25, -0.2) is 0 Å². The van der Waals surface area contributed by atoms with Crippen molar-refractivity contribution >= 4 is 10.1 Å². The second kappa shape index (κ2) is 7.25. The van der Waals surface area contributed by atoms with E-state index >= 15 is 0 Å². The average Bonchev–Trinajstić information content (AvgIpc) is 1.85. The maximum Gasteiger partial charge on any atom is 1.00 e. The van der Waals surface area contributed by atoms with Gasteiger partial charge in [0.2, 0.25) is 0 Å². The predicted octanol–water partition coefficient (Wildman–Crippen LogP) is -3.88. The molecule has 0 amide bonds. The van der Waals surface area contributed by atoms with Gasteiger partial charge in [0, 0.05) is 13.2 Å². The van der Waals surface area contributed by atoms with Crippen molar-refractivity contribution in [3.05, 3.63) is 0 Å². The SMILES string of the molecule is O=S(=O)(O)C(CCO)CCO.[H-].[Na+]. The van der Waals surface area contributed by atoms with E-state index in [4.69, 9.17) is 14.8 Å². The molecule has 0 aliphatic carbocycles. The largest absolute Gasteiger partial charge is 1.00 e. The Morgan fingerprint density at radius 3 is 1.67 bits per heavy atom. The molecule has 0 aromatic carbocycles. The van der Waals surface area contributed by atoms with Gasteiger partial charge in [-0.1, -0.05) is 0 Å².